The van der Waals surface area contributed by atoms with E-state index in [0.717, 1.165) is 18.4 Å². The molecule has 0 spiro atoms. The van der Waals surface area contributed by atoms with E-state index in [0.29, 0.717) is 11.6 Å². The molecule has 174 valence electrons. The summed E-state index contributed by atoms with van der Waals surface area (Å²) < 4.78 is 28.0. The number of anilines is 1. The van der Waals surface area contributed by atoms with Crippen molar-refractivity contribution in [3.8, 4) is 0 Å². The number of rotatable bonds is 10. The molecule has 0 fully saturated rings. The third-order valence-electron chi connectivity index (χ3n) is 5.58. The summed E-state index contributed by atoms with van der Waals surface area (Å²) in [5.74, 6) is -0.00463. The van der Waals surface area contributed by atoms with Crippen LogP contribution in [0.3, 0.4) is 0 Å². The normalized spacial score (nSPS) is 12.4. The van der Waals surface area contributed by atoms with Crippen molar-refractivity contribution in [2.75, 3.05) is 10.8 Å². The van der Waals surface area contributed by atoms with Gasteiger partial charge in [-0.3, -0.25) is 9.10 Å². The molecule has 5 nitrogen and oxygen atoms in total. The fraction of sp³-hybridized carbons (Fsp3) is 0.296. The summed E-state index contributed by atoms with van der Waals surface area (Å²) in [6.07, 6.45) is 1.61. The van der Waals surface area contributed by atoms with Gasteiger partial charge in [-0.15, -0.1) is 0 Å². The van der Waals surface area contributed by atoms with Gasteiger partial charge in [-0.25, -0.2) is 8.42 Å². The van der Waals surface area contributed by atoms with Crippen LogP contribution in [-0.4, -0.2) is 26.9 Å². The third-order valence-corrected chi connectivity index (χ3v) is 7.37. The highest BCUT2D eigenvalue weighted by molar-refractivity contribution is 7.92. The molecule has 0 heterocycles. The van der Waals surface area contributed by atoms with E-state index in [1.807, 2.05) is 37.3 Å². The van der Waals surface area contributed by atoms with E-state index < -0.39 is 10.0 Å². The highest BCUT2D eigenvalue weighted by Gasteiger charge is 2.27. The summed E-state index contributed by atoms with van der Waals surface area (Å²) in [7, 11) is -3.90. The zero-order valence-electron chi connectivity index (χ0n) is 19.4. The second kappa shape index (κ2) is 11.1. The minimum atomic E-state index is -3.90. The van der Waals surface area contributed by atoms with Crippen molar-refractivity contribution in [1.29, 1.82) is 0 Å². The predicted octanol–water partition coefficient (Wildman–Crippen LogP) is 5.14. The van der Waals surface area contributed by atoms with E-state index in [-0.39, 0.29) is 23.4 Å². The van der Waals surface area contributed by atoms with E-state index in [1.165, 1.54) is 9.87 Å². The number of nitrogens with zero attached hydrogens (tertiary/aromatic N) is 1. The number of aryl methyl sites for hydroxylation is 1. The Labute approximate surface area is 197 Å². The lowest BCUT2D eigenvalue weighted by atomic mass is 10.0. The fourth-order valence-electron chi connectivity index (χ4n) is 3.61. The molecule has 0 aliphatic rings. The van der Waals surface area contributed by atoms with Gasteiger partial charge in [-0.05, 0) is 61.1 Å². The number of amides is 1. The highest BCUT2D eigenvalue weighted by Crippen LogP contribution is 2.25. The van der Waals surface area contributed by atoms with Crippen LogP contribution in [0.25, 0.3) is 0 Å². The summed E-state index contributed by atoms with van der Waals surface area (Å²) >= 11 is 0. The second-order valence-corrected chi connectivity index (χ2v) is 10.4. The molecular weight excluding hydrogens is 432 g/mol. The Balaban J connectivity index is 1.77. The monoisotopic (exact) mass is 464 g/mol. The topological polar surface area (TPSA) is 66.5 Å². The van der Waals surface area contributed by atoms with Gasteiger partial charge < -0.3 is 5.32 Å². The lowest BCUT2D eigenvalue weighted by molar-refractivity contribution is -0.120. The van der Waals surface area contributed by atoms with E-state index in [2.05, 4.69) is 31.3 Å². The number of carbonyl (C=O) groups is 1. The van der Waals surface area contributed by atoms with Crippen LogP contribution in [0.5, 0.6) is 0 Å². The first-order valence-electron chi connectivity index (χ1n) is 11.3. The average molecular weight is 465 g/mol. The number of carbonyl (C=O) groups excluding carboxylic acids is 1. The Bertz CT molecular complexity index is 1130. The van der Waals surface area contributed by atoms with E-state index in [4.69, 9.17) is 0 Å². The van der Waals surface area contributed by atoms with Gasteiger partial charge in [0, 0.05) is 6.04 Å². The van der Waals surface area contributed by atoms with Gasteiger partial charge in [0.15, 0.2) is 0 Å². The minimum absolute atomic E-state index is 0.0812. The standard InChI is InChI=1S/C27H32N2O3S/c1-21(2)24-16-18-25(19-17-24)29(33(31,32)26-12-8-5-9-13-26)20-27(30)28-22(3)14-15-23-10-6-4-7-11-23/h4-13,16-19,21-22H,14-15,20H2,1-3H3,(H,28,30)/t22-/m0/s1. The Morgan fingerprint density at radius 2 is 1.42 bits per heavy atom. The van der Waals surface area contributed by atoms with Crippen LogP contribution in [-0.2, 0) is 21.2 Å². The molecule has 1 N–H and O–H groups in total. The summed E-state index contributed by atoms with van der Waals surface area (Å²) in [4.78, 5) is 13.0. The predicted molar refractivity (Wildman–Crippen MR) is 134 cm³/mol. The molecule has 3 aromatic rings. The molecule has 3 aromatic carbocycles. The van der Waals surface area contributed by atoms with Crippen molar-refractivity contribution >= 4 is 21.6 Å². The molecule has 0 unspecified atom stereocenters. The molecule has 3 rings (SSSR count). The van der Waals surface area contributed by atoms with Gasteiger partial charge in [0.2, 0.25) is 5.91 Å². The molecule has 0 aliphatic heterocycles. The van der Waals surface area contributed by atoms with Crippen LogP contribution in [0.15, 0.2) is 89.8 Å². The fourth-order valence-corrected chi connectivity index (χ4v) is 5.05. The lowest BCUT2D eigenvalue weighted by Gasteiger charge is -2.25. The molecule has 0 saturated heterocycles. The smallest absolute Gasteiger partial charge is 0.264 e. The summed E-state index contributed by atoms with van der Waals surface area (Å²) in [5, 5.41) is 2.96. The van der Waals surface area contributed by atoms with Crippen molar-refractivity contribution in [2.45, 2.75) is 50.5 Å². The van der Waals surface area contributed by atoms with Crippen molar-refractivity contribution in [3.05, 3.63) is 96.1 Å². The van der Waals surface area contributed by atoms with E-state index >= 15 is 0 Å². The van der Waals surface area contributed by atoms with Gasteiger partial charge in [0.1, 0.15) is 6.54 Å². The van der Waals surface area contributed by atoms with Crippen molar-refractivity contribution in [3.63, 3.8) is 0 Å². The number of sulfonamides is 1. The van der Waals surface area contributed by atoms with Gasteiger partial charge in [-0.1, -0.05) is 74.5 Å². The SMILES string of the molecule is CC(C)c1ccc(N(CC(=O)N[C@@H](C)CCc2ccccc2)S(=O)(=O)c2ccccc2)cc1. The number of hydrogen-bond acceptors (Lipinski definition) is 3. The third kappa shape index (κ3) is 6.68. The first kappa shape index (κ1) is 24.5. The van der Waals surface area contributed by atoms with Crippen LogP contribution >= 0.6 is 0 Å². The molecule has 0 saturated carbocycles. The first-order valence-corrected chi connectivity index (χ1v) is 12.7. The lowest BCUT2D eigenvalue weighted by Crippen LogP contribution is -2.43. The van der Waals surface area contributed by atoms with Gasteiger partial charge >= 0.3 is 0 Å². The van der Waals surface area contributed by atoms with Crippen LogP contribution in [0, 0.1) is 0 Å². The Morgan fingerprint density at radius 3 is 2.00 bits per heavy atom. The highest BCUT2D eigenvalue weighted by atomic mass is 32.2. The quantitative estimate of drug-likeness (QED) is 0.452. The zero-order valence-corrected chi connectivity index (χ0v) is 20.3. The van der Waals surface area contributed by atoms with Crippen LogP contribution in [0.1, 0.15) is 44.2 Å². The minimum Gasteiger partial charge on any atom is -0.352 e. The summed E-state index contributed by atoms with van der Waals surface area (Å²) in [6.45, 7) is 5.82. The number of nitrogens with one attached hydrogen (secondary N) is 1. The average Bonchev–Trinajstić information content (AvgIpc) is 2.82. The summed E-state index contributed by atoms with van der Waals surface area (Å²) in [5.41, 5.74) is 2.78. The van der Waals surface area contributed by atoms with Crippen molar-refractivity contribution in [1.82, 2.24) is 5.32 Å². The van der Waals surface area contributed by atoms with Gasteiger partial charge in [0.25, 0.3) is 10.0 Å². The maximum Gasteiger partial charge on any atom is 0.264 e. The number of hydrogen-bond donors (Lipinski definition) is 1. The molecule has 0 aromatic heterocycles. The summed E-state index contributed by atoms with van der Waals surface area (Å²) in [6, 6.07) is 25.6. The Morgan fingerprint density at radius 1 is 0.848 bits per heavy atom. The molecule has 0 aliphatic carbocycles. The largest absolute Gasteiger partial charge is 0.352 e. The maximum atomic E-state index is 13.4. The van der Waals surface area contributed by atoms with E-state index in [9.17, 15) is 13.2 Å². The van der Waals surface area contributed by atoms with Crippen LogP contribution in [0.2, 0.25) is 0 Å². The van der Waals surface area contributed by atoms with Crippen LogP contribution < -0.4 is 9.62 Å². The molecular formula is C27H32N2O3S. The maximum absolute atomic E-state index is 13.4. The second-order valence-electron chi connectivity index (χ2n) is 8.56. The molecule has 6 heteroatoms. The van der Waals surface area contributed by atoms with Crippen molar-refractivity contribution < 1.29 is 13.2 Å². The zero-order chi connectivity index (χ0) is 23.8. The van der Waals surface area contributed by atoms with Crippen LogP contribution in [0.4, 0.5) is 5.69 Å². The Hall–Kier alpha value is -3.12. The van der Waals surface area contributed by atoms with Crippen molar-refractivity contribution in [2.24, 2.45) is 0 Å². The number of benzene rings is 3. The molecule has 1 amide bonds. The van der Waals surface area contributed by atoms with E-state index in [1.54, 1.807) is 42.5 Å². The van der Waals surface area contributed by atoms with Gasteiger partial charge in [-0.2, -0.15) is 0 Å². The molecule has 0 radical (unpaired) electrons. The van der Waals surface area contributed by atoms with Gasteiger partial charge in [0.05, 0.1) is 10.6 Å². The Kier molecular flexibility index (Phi) is 8.28. The molecule has 0 bridgehead atoms. The first-order chi connectivity index (χ1) is 15.8. The molecule has 33 heavy (non-hydrogen) atoms. The molecule has 1 atom stereocenters.